The first-order valence-electron chi connectivity index (χ1n) is 6.04. The van der Waals surface area contributed by atoms with Gasteiger partial charge >= 0.3 is 11.6 Å². The van der Waals surface area contributed by atoms with E-state index in [1.807, 2.05) is 0 Å². The number of benzene rings is 1. The Balaban J connectivity index is 2.51. The minimum absolute atomic E-state index is 0.220. The summed E-state index contributed by atoms with van der Waals surface area (Å²) in [4.78, 5) is 22.2. The number of fused-ring (bicyclic) bond motifs is 2. The molecule has 0 aliphatic rings. The van der Waals surface area contributed by atoms with Gasteiger partial charge in [-0.2, -0.15) is 0 Å². The Hall–Kier alpha value is -3.02. The largest absolute Gasteiger partial charge is 0.490 e. The first-order valence-corrected chi connectivity index (χ1v) is 6.04. The molecular formula is C15H10O6. The Kier molecular flexibility index (Phi) is 2.98. The third-order valence-corrected chi connectivity index (χ3v) is 3.09. The van der Waals surface area contributed by atoms with Gasteiger partial charge in [-0.15, -0.1) is 0 Å². The van der Waals surface area contributed by atoms with Crippen molar-refractivity contribution in [2.75, 3.05) is 7.11 Å². The third kappa shape index (κ3) is 2.06. The number of carboxylic acid groups (broad SMARTS) is 1. The SMILES string of the molecule is COc1c2occc2c(/C=C/C(=O)O)c2ccc(=O)oc12. The van der Waals surface area contributed by atoms with E-state index < -0.39 is 11.6 Å². The molecule has 1 N–H and O–H groups in total. The van der Waals surface area contributed by atoms with Gasteiger partial charge in [-0.05, 0) is 23.8 Å². The van der Waals surface area contributed by atoms with Crippen molar-refractivity contribution in [1.82, 2.24) is 0 Å². The summed E-state index contributed by atoms with van der Waals surface area (Å²) in [5.41, 5.74) is 0.669. The summed E-state index contributed by atoms with van der Waals surface area (Å²) in [6.45, 7) is 0. The molecule has 0 unspecified atom stereocenters. The maximum Gasteiger partial charge on any atom is 0.336 e. The molecule has 0 aliphatic heterocycles. The van der Waals surface area contributed by atoms with E-state index in [-0.39, 0.29) is 5.58 Å². The fourth-order valence-electron chi connectivity index (χ4n) is 2.26. The molecule has 0 spiro atoms. The molecule has 6 heteroatoms. The van der Waals surface area contributed by atoms with Gasteiger partial charge < -0.3 is 18.7 Å². The van der Waals surface area contributed by atoms with E-state index >= 15 is 0 Å². The van der Waals surface area contributed by atoms with Crippen LogP contribution in [0.5, 0.6) is 5.75 Å². The standard InChI is InChI=1S/C15H10O6/c1-19-15-13-10(6-7-20-13)8(2-4-11(16)17)9-3-5-12(18)21-14(9)15/h2-7H,1H3,(H,16,17)/b4-2+. The number of hydrogen-bond donors (Lipinski definition) is 1. The summed E-state index contributed by atoms with van der Waals surface area (Å²) < 4.78 is 15.8. The molecule has 0 amide bonds. The number of ether oxygens (including phenoxy) is 1. The van der Waals surface area contributed by atoms with Crippen LogP contribution in [-0.2, 0) is 4.79 Å². The van der Waals surface area contributed by atoms with E-state index in [2.05, 4.69) is 0 Å². The van der Waals surface area contributed by atoms with E-state index in [0.717, 1.165) is 6.08 Å². The second-order valence-electron chi connectivity index (χ2n) is 4.28. The molecule has 0 radical (unpaired) electrons. The number of carbonyl (C=O) groups is 1. The number of hydrogen-bond acceptors (Lipinski definition) is 5. The number of carboxylic acids is 1. The molecule has 0 atom stereocenters. The van der Waals surface area contributed by atoms with Crippen LogP contribution in [0, 0.1) is 0 Å². The summed E-state index contributed by atoms with van der Waals surface area (Å²) in [6.07, 6.45) is 3.91. The molecule has 3 rings (SSSR count). The average molecular weight is 286 g/mol. The van der Waals surface area contributed by atoms with Crippen LogP contribution in [0.3, 0.4) is 0 Å². The van der Waals surface area contributed by atoms with Crippen LogP contribution in [-0.4, -0.2) is 18.2 Å². The summed E-state index contributed by atoms with van der Waals surface area (Å²) in [6, 6.07) is 4.54. The van der Waals surface area contributed by atoms with Crippen LogP contribution < -0.4 is 10.4 Å². The Morgan fingerprint density at radius 1 is 1.24 bits per heavy atom. The van der Waals surface area contributed by atoms with Crippen molar-refractivity contribution >= 4 is 34.0 Å². The molecule has 1 aromatic carbocycles. The molecule has 106 valence electrons. The quantitative estimate of drug-likeness (QED) is 0.588. The second-order valence-corrected chi connectivity index (χ2v) is 4.28. The van der Waals surface area contributed by atoms with Crippen molar-refractivity contribution < 1.29 is 23.5 Å². The fraction of sp³-hybridized carbons (Fsp3) is 0.0667. The average Bonchev–Trinajstić information content (AvgIpc) is 2.92. The maximum atomic E-state index is 11.4. The Bertz CT molecular complexity index is 928. The topological polar surface area (TPSA) is 89.9 Å². The fourth-order valence-corrected chi connectivity index (χ4v) is 2.26. The highest BCUT2D eigenvalue weighted by atomic mass is 16.5. The Labute approximate surface area is 117 Å². The van der Waals surface area contributed by atoms with E-state index in [1.165, 1.54) is 25.5 Å². The number of methoxy groups -OCH3 is 1. The van der Waals surface area contributed by atoms with Gasteiger partial charge in [0.2, 0.25) is 5.75 Å². The first-order chi connectivity index (χ1) is 10.1. The summed E-state index contributed by atoms with van der Waals surface area (Å²) >= 11 is 0. The van der Waals surface area contributed by atoms with Gasteiger partial charge in [0, 0.05) is 22.9 Å². The Morgan fingerprint density at radius 3 is 2.71 bits per heavy atom. The molecule has 6 nitrogen and oxygen atoms in total. The van der Waals surface area contributed by atoms with Crippen molar-refractivity contribution in [2.24, 2.45) is 0 Å². The lowest BCUT2D eigenvalue weighted by molar-refractivity contribution is -0.131. The normalized spacial score (nSPS) is 11.5. The number of aliphatic carboxylic acids is 1. The van der Waals surface area contributed by atoms with E-state index in [1.54, 1.807) is 12.1 Å². The molecular weight excluding hydrogens is 276 g/mol. The zero-order valence-electron chi connectivity index (χ0n) is 11.0. The first kappa shape index (κ1) is 13.0. The summed E-state index contributed by atoms with van der Waals surface area (Å²) in [5, 5.41) is 10.0. The van der Waals surface area contributed by atoms with E-state index in [9.17, 15) is 9.59 Å². The molecule has 3 aromatic rings. The third-order valence-electron chi connectivity index (χ3n) is 3.09. The van der Waals surface area contributed by atoms with Gasteiger partial charge in [-0.3, -0.25) is 0 Å². The van der Waals surface area contributed by atoms with Gasteiger partial charge in [0.15, 0.2) is 11.2 Å². The van der Waals surface area contributed by atoms with Crippen LogP contribution in [0.1, 0.15) is 5.56 Å². The van der Waals surface area contributed by atoms with E-state index in [0.29, 0.717) is 27.7 Å². The smallest absolute Gasteiger partial charge is 0.336 e. The van der Waals surface area contributed by atoms with Gasteiger partial charge in [-0.25, -0.2) is 9.59 Å². The van der Waals surface area contributed by atoms with Crippen molar-refractivity contribution in [1.29, 1.82) is 0 Å². The zero-order valence-corrected chi connectivity index (χ0v) is 11.0. The summed E-state index contributed by atoms with van der Waals surface area (Å²) in [5.74, 6) is -0.775. The van der Waals surface area contributed by atoms with Crippen LogP contribution in [0.15, 0.2) is 44.2 Å². The highest BCUT2D eigenvalue weighted by Crippen LogP contribution is 2.38. The van der Waals surface area contributed by atoms with Gasteiger partial charge in [-0.1, -0.05) is 0 Å². The highest BCUT2D eigenvalue weighted by molar-refractivity contribution is 6.09. The highest BCUT2D eigenvalue weighted by Gasteiger charge is 2.18. The molecule has 0 saturated heterocycles. The predicted octanol–water partition coefficient (Wildman–Crippen LogP) is 2.65. The minimum atomic E-state index is -1.08. The molecule has 21 heavy (non-hydrogen) atoms. The number of rotatable bonds is 3. The van der Waals surface area contributed by atoms with Gasteiger partial charge in [0.05, 0.1) is 13.4 Å². The zero-order chi connectivity index (χ0) is 15.0. The van der Waals surface area contributed by atoms with Gasteiger partial charge in [0.25, 0.3) is 0 Å². The van der Waals surface area contributed by atoms with Crippen LogP contribution >= 0.6 is 0 Å². The van der Waals surface area contributed by atoms with Crippen molar-refractivity contribution in [3.63, 3.8) is 0 Å². The van der Waals surface area contributed by atoms with Crippen LogP contribution in [0.25, 0.3) is 28.0 Å². The van der Waals surface area contributed by atoms with Crippen LogP contribution in [0.2, 0.25) is 0 Å². The van der Waals surface area contributed by atoms with Crippen molar-refractivity contribution in [2.45, 2.75) is 0 Å². The van der Waals surface area contributed by atoms with Crippen molar-refractivity contribution in [3.05, 3.63) is 46.5 Å². The van der Waals surface area contributed by atoms with E-state index in [4.69, 9.17) is 18.7 Å². The molecule has 2 aromatic heterocycles. The molecule has 2 heterocycles. The van der Waals surface area contributed by atoms with Crippen LogP contribution in [0.4, 0.5) is 0 Å². The van der Waals surface area contributed by atoms with Gasteiger partial charge in [0.1, 0.15) is 0 Å². The second kappa shape index (κ2) is 4.82. The molecule has 0 bridgehead atoms. The Morgan fingerprint density at radius 2 is 2.00 bits per heavy atom. The molecule has 0 fully saturated rings. The predicted molar refractivity (Wildman–Crippen MR) is 75.5 cm³/mol. The lowest BCUT2D eigenvalue weighted by Gasteiger charge is -2.08. The molecule has 0 saturated carbocycles. The number of furan rings is 1. The minimum Gasteiger partial charge on any atom is -0.490 e. The lowest BCUT2D eigenvalue weighted by atomic mass is 10.0. The van der Waals surface area contributed by atoms with Crippen molar-refractivity contribution in [3.8, 4) is 5.75 Å². The summed E-state index contributed by atoms with van der Waals surface area (Å²) in [7, 11) is 1.44. The molecule has 0 aliphatic carbocycles. The lowest BCUT2D eigenvalue weighted by Crippen LogP contribution is -1.98. The monoisotopic (exact) mass is 286 g/mol. The maximum absolute atomic E-state index is 11.4.